The van der Waals surface area contributed by atoms with Gasteiger partial charge in [0.2, 0.25) is 0 Å². The smallest absolute Gasteiger partial charge is 0.266 e. The van der Waals surface area contributed by atoms with Crippen LogP contribution in [0.1, 0.15) is 15.2 Å². The molecule has 0 saturated carbocycles. The number of fused-ring (bicyclic) bond motifs is 1. The molecule has 0 fully saturated rings. The molecule has 2 aromatic carbocycles. The molecule has 0 radical (unpaired) electrons. The summed E-state index contributed by atoms with van der Waals surface area (Å²) < 4.78 is 27.1. The highest BCUT2D eigenvalue weighted by atomic mass is 32.1. The van der Waals surface area contributed by atoms with Gasteiger partial charge in [-0.15, -0.1) is 11.3 Å². The van der Waals surface area contributed by atoms with Crippen molar-refractivity contribution < 1.29 is 13.6 Å². The van der Waals surface area contributed by atoms with Gasteiger partial charge in [-0.2, -0.15) is 0 Å². The van der Waals surface area contributed by atoms with Crippen molar-refractivity contribution in [2.24, 2.45) is 0 Å². The highest BCUT2D eigenvalue weighted by Gasteiger charge is 2.15. The first-order valence-corrected chi connectivity index (χ1v) is 7.12. The Kier molecular flexibility index (Phi) is 3.43. The van der Waals surface area contributed by atoms with Crippen molar-refractivity contribution in [1.29, 1.82) is 0 Å². The molecule has 106 valence electrons. The summed E-state index contributed by atoms with van der Waals surface area (Å²) in [6, 6.07) is 11.0. The number of halogens is 2. The van der Waals surface area contributed by atoms with E-state index < -0.39 is 11.6 Å². The summed E-state index contributed by atoms with van der Waals surface area (Å²) in [5, 5.41) is 3.62. The monoisotopic (exact) mass is 303 g/mol. The van der Waals surface area contributed by atoms with Crippen LogP contribution in [0.4, 0.5) is 14.5 Å². The van der Waals surface area contributed by atoms with Crippen LogP contribution in [0.5, 0.6) is 0 Å². The molecule has 0 unspecified atom stereocenters. The van der Waals surface area contributed by atoms with Gasteiger partial charge in [0.15, 0.2) is 11.6 Å². The van der Waals surface area contributed by atoms with Crippen LogP contribution < -0.4 is 5.32 Å². The van der Waals surface area contributed by atoms with Crippen molar-refractivity contribution in [2.45, 2.75) is 6.92 Å². The molecule has 1 N–H and O–H groups in total. The van der Waals surface area contributed by atoms with E-state index in [1.165, 1.54) is 17.4 Å². The zero-order valence-electron chi connectivity index (χ0n) is 11.1. The number of hydrogen-bond donors (Lipinski definition) is 1. The van der Waals surface area contributed by atoms with Crippen molar-refractivity contribution in [3.05, 3.63) is 64.5 Å². The van der Waals surface area contributed by atoms with Crippen LogP contribution in [0.3, 0.4) is 0 Å². The van der Waals surface area contributed by atoms with Crippen LogP contribution in [0, 0.1) is 18.6 Å². The predicted octanol–water partition coefficient (Wildman–Crippen LogP) is 4.74. The maximum absolute atomic E-state index is 13.2. The molecule has 5 heteroatoms. The molecule has 0 spiro atoms. The first kappa shape index (κ1) is 13.7. The number of anilines is 1. The van der Waals surface area contributed by atoms with Crippen LogP contribution in [0.15, 0.2) is 42.5 Å². The lowest BCUT2D eigenvalue weighted by Crippen LogP contribution is -2.11. The maximum Gasteiger partial charge on any atom is 0.266 e. The number of carbonyl (C=O) groups is 1. The third kappa shape index (κ3) is 2.52. The summed E-state index contributed by atoms with van der Waals surface area (Å²) in [5.41, 5.74) is 1.12. The van der Waals surface area contributed by atoms with Gasteiger partial charge < -0.3 is 5.32 Å². The SMILES string of the molecule is Cc1c(C(=O)Nc2ccc(F)c(F)c2)sc2ccccc12. The Bertz CT molecular complexity index is 841. The number of carbonyl (C=O) groups excluding carboxylic acids is 1. The van der Waals surface area contributed by atoms with Gasteiger partial charge in [0.25, 0.3) is 5.91 Å². The second-order valence-electron chi connectivity index (χ2n) is 4.64. The number of thiophene rings is 1. The number of aryl methyl sites for hydroxylation is 1. The molecule has 0 bridgehead atoms. The average Bonchev–Trinajstić information content (AvgIpc) is 2.81. The largest absolute Gasteiger partial charge is 0.321 e. The van der Waals surface area contributed by atoms with Gasteiger partial charge in [0, 0.05) is 16.5 Å². The van der Waals surface area contributed by atoms with Crippen molar-refractivity contribution >= 4 is 33.0 Å². The summed E-state index contributed by atoms with van der Waals surface area (Å²) in [4.78, 5) is 12.9. The second-order valence-corrected chi connectivity index (χ2v) is 5.69. The van der Waals surface area contributed by atoms with Gasteiger partial charge in [-0.25, -0.2) is 8.78 Å². The fourth-order valence-electron chi connectivity index (χ4n) is 2.15. The molecule has 21 heavy (non-hydrogen) atoms. The molecule has 1 aromatic heterocycles. The lowest BCUT2D eigenvalue weighted by atomic mass is 10.1. The van der Waals surface area contributed by atoms with E-state index in [4.69, 9.17) is 0 Å². The van der Waals surface area contributed by atoms with Crippen LogP contribution in [-0.4, -0.2) is 5.91 Å². The van der Waals surface area contributed by atoms with Crippen LogP contribution in [0.2, 0.25) is 0 Å². The molecule has 3 aromatic rings. The van der Waals surface area contributed by atoms with E-state index in [1.807, 2.05) is 31.2 Å². The van der Waals surface area contributed by atoms with Gasteiger partial charge in [0.05, 0.1) is 4.88 Å². The number of hydrogen-bond acceptors (Lipinski definition) is 2. The van der Waals surface area contributed by atoms with E-state index in [1.54, 1.807) is 0 Å². The fourth-order valence-corrected chi connectivity index (χ4v) is 3.26. The molecule has 2 nitrogen and oxygen atoms in total. The topological polar surface area (TPSA) is 29.1 Å². The zero-order chi connectivity index (χ0) is 15.0. The summed E-state index contributed by atoms with van der Waals surface area (Å²) in [6.07, 6.45) is 0. The molecular weight excluding hydrogens is 292 g/mol. The minimum atomic E-state index is -0.985. The van der Waals surface area contributed by atoms with Crippen molar-refractivity contribution in [3.8, 4) is 0 Å². The van der Waals surface area contributed by atoms with Gasteiger partial charge in [-0.05, 0) is 36.1 Å². The fraction of sp³-hybridized carbons (Fsp3) is 0.0625. The summed E-state index contributed by atoms with van der Waals surface area (Å²) in [7, 11) is 0. The standard InChI is InChI=1S/C16H11F2NOS/c1-9-11-4-2-3-5-14(11)21-15(9)16(20)19-10-6-7-12(17)13(18)8-10/h2-8H,1H3,(H,19,20). The van der Waals surface area contributed by atoms with E-state index in [0.717, 1.165) is 27.8 Å². The average molecular weight is 303 g/mol. The minimum absolute atomic E-state index is 0.232. The van der Waals surface area contributed by atoms with E-state index in [-0.39, 0.29) is 11.6 Å². The number of amides is 1. The third-order valence-corrected chi connectivity index (χ3v) is 4.50. The Hall–Kier alpha value is -2.27. The normalized spacial score (nSPS) is 10.8. The number of nitrogens with one attached hydrogen (secondary N) is 1. The first-order chi connectivity index (χ1) is 10.1. The molecule has 0 aliphatic heterocycles. The first-order valence-electron chi connectivity index (χ1n) is 6.31. The Morgan fingerprint density at radius 3 is 2.57 bits per heavy atom. The van der Waals surface area contributed by atoms with Crippen LogP contribution in [-0.2, 0) is 0 Å². The van der Waals surface area contributed by atoms with Crippen LogP contribution >= 0.6 is 11.3 Å². The van der Waals surface area contributed by atoms with Gasteiger partial charge in [-0.3, -0.25) is 4.79 Å². The Balaban J connectivity index is 1.93. The lowest BCUT2D eigenvalue weighted by Gasteiger charge is -2.05. The Morgan fingerprint density at radius 1 is 1.10 bits per heavy atom. The number of benzene rings is 2. The van der Waals surface area contributed by atoms with E-state index in [0.29, 0.717) is 4.88 Å². The summed E-state index contributed by atoms with van der Waals surface area (Å²) in [5.74, 6) is -2.24. The van der Waals surface area contributed by atoms with Crippen molar-refractivity contribution in [1.82, 2.24) is 0 Å². The molecule has 0 saturated heterocycles. The zero-order valence-corrected chi connectivity index (χ0v) is 11.9. The molecule has 0 atom stereocenters. The second kappa shape index (κ2) is 5.26. The molecule has 1 heterocycles. The van der Waals surface area contributed by atoms with Gasteiger partial charge in [0.1, 0.15) is 0 Å². The third-order valence-electron chi connectivity index (χ3n) is 3.23. The highest BCUT2D eigenvalue weighted by Crippen LogP contribution is 2.31. The predicted molar refractivity (Wildman–Crippen MR) is 80.9 cm³/mol. The van der Waals surface area contributed by atoms with Crippen molar-refractivity contribution in [2.75, 3.05) is 5.32 Å². The van der Waals surface area contributed by atoms with Gasteiger partial charge in [-0.1, -0.05) is 18.2 Å². The number of rotatable bonds is 2. The summed E-state index contributed by atoms with van der Waals surface area (Å²) >= 11 is 1.38. The molecular formula is C16H11F2NOS. The van der Waals surface area contributed by atoms with Gasteiger partial charge >= 0.3 is 0 Å². The highest BCUT2D eigenvalue weighted by molar-refractivity contribution is 7.21. The molecule has 1 amide bonds. The van der Waals surface area contributed by atoms with Crippen molar-refractivity contribution in [3.63, 3.8) is 0 Å². The van der Waals surface area contributed by atoms with E-state index in [2.05, 4.69) is 5.32 Å². The summed E-state index contributed by atoms with van der Waals surface area (Å²) in [6.45, 7) is 1.87. The molecule has 3 rings (SSSR count). The molecule has 0 aliphatic rings. The lowest BCUT2D eigenvalue weighted by molar-refractivity contribution is 0.103. The Labute approximate surface area is 124 Å². The van der Waals surface area contributed by atoms with E-state index in [9.17, 15) is 13.6 Å². The van der Waals surface area contributed by atoms with Crippen LogP contribution in [0.25, 0.3) is 10.1 Å². The quantitative estimate of drug-likeness (QED) is 0.728. The molecule has 0 aliphatic carbocycles. The Morgan fingerprint density at radius 2 is 1.86 bits per heavy atom. The minimum Gasteiger partial charge on any atom is -0.321 e. The van der Waals surface area contributed by atoms with E-state index >= 15 is 0 Å². The maximum atomic E-state index is 13.2.